The van der Waals surface area contributed by atoms with E-state index in [1.807, 2.05) is 6.07 Å². The van der Waals surface area contributed by atoms with Crippen LogP contribution in [0, 0.1) is 0 Å². The molecule has 2 aliphatic rings. The quantitative estimate of drug-likeness (QED) is 0.747. The molecular formula is C20H18Cl2N2O4. The number of ether oxygens (including phenoxy) is 2. The van der Waals surface area contributed by atoms with Crippen molar-refractivity contribution in [2.24, 2.45) is 0 Å². The van der Waals surface area contributed by atoms with Crippen LogP contribution >= 0.6 is 23.2 Å². The first-order chi connectivity index (χ1) is 13.5. The van der Waals surface area contributed by atoms with Gasteiger partial charge in [-0.2, -0.15) is 0 Å². The Labute approximate surface area is 172 Å². The number of morpholine rings is 1. The maximum atomic E-state index is 13.3. The molecule has 8 heteroatoms. The molecule has 1 fully saturated rings. The second-order valence-corrected chi connectivity index (χ2v) is 7.40. The van der Waals surface area contributed by atoms with Gasteiger partial charge in [0, 0.05) is 18.1 Å². The van der Waals surface area contributed by atoms with Gasteiger partial charge < -0.3 is 19.3 Å². The van der Waals surface area contributed by atoms with Gasteiger partial charge in [0.1, 0.15) is 5.75 Å². The molecule has 0 spiro atoms. The van der Waals surface area contributed by atoms with Crippen molar-refractivity contribution in [3.05, 3.63) is 58.1 Å². The largest absolute Gasteiger partial charge is 0.476 e. The third-order valence-electron chi connectivity index (χ3n) is 4.78. The van der Waals surface area contributed by atoms with Crippen LogP contribution in [0.3, 0.4) is 0 Å². The lowest BCUT2D eigenvalue weighted by Gasteiger charge is -2.37. The Balaban J connectivity index is 1.66. The Hall–Kier alpha value is -2.28. The van der Waals surface area contributed by atoms with E-state index in [1.165, 1.54) is 11.0 Å². The summed E-state index contributed by atoms with van der Waals surface area (Å²) in [4.78, 5) is 29.4. The molecule has 2 amide bonds. The van der Waals surface area contributed by atoms with E-state index in [4.69, 9.17) is 32.7 Å². The summed E-state index contributed by atoms with van der Waals surface area (Å²) in [6, 6.07) is 11.9. The van der Waals surface area contributed by atoms with Crippen molar-refractivity contribution in [2.75, 3.05) is 37.7 Å². The van der Waals surface area contributed by atoms with E-state index in [0.717, 1.165) is 0 Å². The Morgan fingerprint density at radius 3 is 2.57 bits per heavy atom. The Kier molecular flexibility index (Phi) is 5.44. The molecule has 0 aliphatic carbocycles. The number of rotatable bonds is 2. The number of hydrogen-bond donors (Lipinski definition) is 0. The monoisotopic (exact) mass is 420 g/mol. The van der Waals surface area contributed by atoms with Crippen molar-refractivity contribution in [1.82, 2.24) is 4.90 Å². The summed E-state index contributed by atoms with van der Waals surface area (Å²) in [5.74, 6) is -0.0114. The molecule has 6 nitrogen and oxygen atoms in total. The van der Waals surface area contributed by atoms with Gasteiger partial charge >= 0.3 is 0 Å². The molecule has 2 aliphatic heterocycles. The second kappa shape index (κ2) is 7.99. The summed E-state index contributed by atoms with van der Waals surface area (Å²) < 4.78 is 11.2. The minimum absolute atomic E-state index is 0.0921. The van der Waals surface area contributed by atoms with Gasteiger partial charge in [-0.1, -0.05) is 35.3 Å². The van der Waals surface area contributed by atoms with Crippen molar-refractivity contribution < 1.29 is 19.1 Å². The smallest absolute Gasteiger partial charge is 0.265 e. The minimum atomic E-state index is -0.796. The zero-order valence-electron chi connectivity index (χ0n) is 14.9. The fraction of sp³-hybridized carbons (Fsp3) is 0.300. The molecule has 0 bridgehead atoms. The highest BCUT2D eigenvalue weighted by molar-refractivity contribution is 6.36. The Morgan fingerprint density at radius 1 is 1.04 bits per heavy atom. The second-order valence-electron chi connectivity index (χ2n) is 6.55. The predicted octanol–water partition coefficient (Wildman–Crippen LogP) is 3.26. The van der Waals surface area contributed by atoms with Gasteiger partial charge in [-0.15, -0.1) is 0 Å². The number of nitrogens with zero attached hydrogens (tertiary/aromatic N) is 2. The Bertz CT molecular complexity index is 915. The zero-order valence-corrected chi connectivity index (χ0v) is 16.4. The highest BCUT2D eigenvalue weighted by atomic mass is 35.5. The molecule has 0 N–H and O–H groups in total. The number of anilines is 1. The molecule has 0 radical (unpaired) electrons. The fourth-order valence-electron chi connectivity index (χ4n) is 3.35. The van der Waals surface area contributed by atoms with Crippen LogP contribution in [0.1, 0.15) is 10.4 Å². The number of amides is 2. The third-order valence-corrected chi connectivity index (χ3v) is 5.34. The lowest BCUT2D eigenvalue weighted by Crippen LogP contribution is -2.54. The topological polar surface area (TPSA) is 59.1 Å². The van der Waals surface area contributed by atoms with Crippen LogP contribution in [0.2, 0.25) is 10.0 Å². The lowest BCUT2D eigenvalue weighted by atomic mass is 10.1. The average molecular weight is 421 g/mol. The zero-order chi connectivity index (χ0) is 19.7. The van der Waals surface area contributed by atoms with Crippen LogP contribution in [0.4, 0.5) is 5.69 Å². The molecule has 2 aromatic rings. The van der Waals surface area contributed by atoms with E-state index in [9.17, 15) is 9.59 Å². The molecule has 4 rings (SSSR count). The standard InChI is InChI=1S/C20H18Cl2N2O4/c21-13-5-6-15(22)14(11-13)19(25)24-12-18(20(26)23-7-9-27-10-8-23)28-17-4-2-1-3-16(17)24/h1-6,11,18H,7-10,12H2/t18-/m0/s1. The molecule has 1 atom stereocenters. The van der Waals surface area contributed by atoms with Gasteiger partial charge in [-0.3, -0.25) is 9.59 Å². The van der Waals surface area contributed by atoms with E-state index in [-0.39, 0.29) is 23.9 Å². The van der Waals surface area contributed by atoms with Gasteiger partial charge in [0.25, 0.3) is 11.8 Å². The molecule has 28 heavy (non-hydrogen) atoms. The number of halogens is 2. The van der Waals surface area contributed by atoms with E-state index in [1.54, 1.807) is 35.2 Å². The van der Waals surface area contributed by atoms with Crippen LogP contribution < -0.4 is 9.64 Å². The first-order valence-corrected chi connectivity index (χ1v) is 9.69. The normalized spacial score (nSPS) is 19.0. The fourth-order valence-corrected chi connectivity index (χ4v) is 3.72. The third kappa shape index (κ3) is 3.68. The van der Waals surface area contributed by atoms with Gasteiger partial charge in [0.05, 0.1) is 36.0 Å². The SMILES string of the molecule is O=C([C@@H]1CN(C(=O)c2cc(Cl)ccc2Cl)c2ccccc2O1)N1CCOCC1. The van der Waals surface area contributed by atoms with Crippen molar-refractivity contribution in [3.8, 4) is 5.75 Å². The van der Waals surface area contributed by atoms with Gasteiger partial charge in [0.15, 0.2) is 6.10 Å². The first-order valence-electron chi connectivity index (χ1n) is 8.94. The molecule has 0 unspecified atom stereocenters. The molecular weight excluding hydrogens is 403 g/mol. The maximum absolute atomic E-state index is 13.3. The van der Waals surface area contributed by atoms with E-state index in [2.05, 4.69) is 0 Å². The summed E-state index contributed by atoms with van der Waals surface area (Å²) in [7, 11) is 0. The molecule has 2 heterocycles. The highest BCUT2D eigenvalue weighted by Gasteiger charge is 2.37. The summed E-state index contributed by atoms with van der Waals surface area (Å²) in [5.41, 5.74) is 0.873. The summed E-state index contributed by atoms with van der Waals surface area (Å²) >= 11 is 12.3. The van der Waals surface area contributed by atoms with E-state index < -0.39 is 6.10 Å². The van der Waals surface area contributed by atoms with Gasteiger partial charge in [-0.25, -0.2) is 0 Å². The summed E-state index contributed by atoms with van der Waals surface area (Å²) in [6.07, 6.45) is -0.796. The van der Waals surface area contributed by atoms with Crippen LogP contribution in [0.15, 0.2) is 42.5 Å². The number of fused-ring (bicyclic) bond motifs is 1. The number of benzene rings is 2. The van der Waals surface area contributed by atoms with Gasteiger partial charge in [-0.05, 0) is 30.3 Å². The average Bonchev–Trinajstić information content (AvgIpc) is 2.74. The first kappa shape index (κ1) is 19.1. The van der Waals surface area contributed by atoms with Crippen molar-refractivity contribution >= 4 is 40.7 Å². The molecule has 2 aromatic carbocycles. The summed E-state index contributed by atoms with van der Waals surface area (Å²) in [5, 5.41) is 0.713. The van der Waals surface area contributed by atoms with Crippen molar-refractivity contribution in [2.45, 2.75) is 6.10 Å². The van der Waals surface area contributed by atoms with Crippen molar-refractivity contribution in [1.29, 1.82) is 0 Å². The maximum Gasteiger partial charge on any atom is 0.265 e. The van der Waals surface area contributed by atoms with Crippen LogP contribution in [0.25, 0.3) is 0 Å². The number of para-hydroxylation sites is 2. The van der Waals surface area contributed by atoms with E-state index >= 15 is 0 Å². The van der Waals surface area contributed by atoms with Crippen molar-refractivity contribution in [3.63, 3.8) is 0 Å². The Morgan fingerprint density at radius 2 is 1.79 bits per heavy atom. The van der Waals surface area contributed by atoms with Crippen LogP contribution in [0.5, 0.6) is 5.75 Å². The lowest BCUT2D eigenvalue weighted by molar-refractivity contribution is -0.142. The highest BCUT2D eigenvalue weighted by Crippen LogP contribution is 2.35. The molecule has 0 aromatic heterocycles. The molecule has 1 saturated heterocycles. The predicted molar refractivity (Wildman–Crippen MR) is 106 cm³/mol. The number of carbonyl (C=O) groups is 2. The van der Waals surface area contributed by atoms with Crippen LogP contribution in [-0.4, -0.2) is 55.7 Å². The van der Waals surface area contributed by atoms with Crippen LogP contribution in [-0.2, 0) is 9.53 Å². The number of carbonyl (C=O) groups excluding carboxylic acids is 2. The minimum Gasteiger partial charge on any atom is -0.476 e. The van der Waals surface area contributed by atoms with E-state index in [0.29, 0.717) is 47.8 Å². The molecule has 0 saturated carbocycles. The number of hydrogen-bond acceptors (Lipinski definition) is 4. The summed E-state index contributed by atoms with van der Waals surface area (Å²) in [6.45, 7) is 2.10. The van der Waals surface area contributed by atoms with Gasteiger partial charge in [0.2, 0.25) is 0 Å². The molecule has 146 valence electrons.